The molecule has 0 saturated carbocycles. The Hall–Kier alpha value is 0.260. The molecule has 0 N–H and O–H groups in total. The summed E-state index contributed by atoms with van der Waals surface area (Å²) in [4.78, 5) is 0. The molecule has 1 heterocycles. The molecule has 0 amide bonds. The second-order valence-corrected chi connectivity index (χ2v) is 6.84. The van der Waals surface area contributed by atoms with E-state index in [1.54, 1.807) is 6.07 Å². The van der Waals surface area contributed by atoms with Crippen molar-refractivity contribution in [3.63, 3.8) is 0 Å². The SMILES string of the molecule is Clc1cccc2c1oc1c(Cl)c(Br)c(Br)c(Br)c12. The summed E-state index contributed by atoms with van der Waals surface area (Å²) in [6.45, 7) is 0. The van der Waals surface area contributed by atoms with Crippen LogP contribution in [0, 0.1) is 0 Å². The molecule has 0 bridgehead atoms. The highest BCUT2D eigenvalue weighted by atomic mass is 79.9. The fraction of sp³-hybridized carbons (Fsp3) is 0. The molecule has 2 aromatic carbocycles. The van der Waals surface area contributed by atoms with Crippen LogP contribution in [0.1, 0.15) is 0 Å². The molecule has 6 heteroatoms. The minimum absolute atomic E-state index is 0.521. The van der Waals surface area contributed by atoms with Crippen molar-refractivity contribution in [1.82, 2.24) is 0 Å². The number of hydrogen-bond acceptors (Lipinski definition) is 1. The minimum atomic E-state index is 0.521. The average molecular weight is 474 g/mol. The number of halogens is 5. The van der Waals surface area contributed by atoms with E-state index in [9.17, 15) is 0 Å². The molecular weight excluding hydrogens is 471 g/mol. The third kappa shape index (κ3) is 1.77. The lowest BCUT2D eigenvalue weighted by Crippen LogP contribution is -1.78. The second-order valence-electron chi connectivity index (χ2n) is 3.68. The Morgan fingerprint density at radius 3 is 2.33 bits per heavy atom. The molecule has 0 aliphatic heterocycles. The van der Waals surface area contributed by atoms with Gasteiger partial charge < -0.3 is 4.42 Å². The highest BCUT2D eigenvalue weighted by molar-refractivity contribution is 9.14. The Labute approximate surface area is 138 Å². The Balaban J connectivity index is 2.67. The van der Waals surface area contributed by atoms with E-state index in [2.05, 4.69) is 47.8 Å². The maximum absolute atomic E-state index is 6.29. The first-order valence-corrected chi connectivity index (χ1v) is 7.98. The van der Waals surface area contributed by atoms with Crippen molar-refractivity contribution in [1.29, 1.82) is 0 Å². The monoisotopic (exact) mass is 470 g/mol. The molecule has 18 heavy (non-hydrogen) atoms. The molecule has 1 aromatic heterocycles. The van der Waals surface area contributed by atoms with Crippen LogP contribution >= 0.6 is 71.0 Å². The van der Waals surface area contributed by atoms with Crippen LogP contribution in [0.15, 0.2) is 36.0 Å². The topological polar surface area (TPSA) is 13.1 Å². The van der Waals surface area contributed by atoms with E-state index in [1.807, 2.05) is 12.1 Å². The van der Waals surface area contributed by atoms with Gasteiger partial charge in [-0.1, -0.05) is 35.3 Å². The van der Waals surface area contributed by atoms with Crippen LogP contribution in [-0.4, -0.2) is 0 Å². The van der Waals surface area contributed by atoms with E-state index < -0.39 is 0 Å². The van der Waals surface area contributed by atoms with Crippen LogP contribution in [-0.2, 0) is 0 Å². The predicted octanol–water partition coefficient (Wildman–Crippen LogP) is 7.18. The van der Waals surface area contributed by atoms with Crippen molar-refractivity contribution >= 4 is 92.9 Å². The molecule has 0 aliphatic carbocycles. The fourth-order valence-electron chi connectivity index (χ4n) is 1.86. The van der Waals surface area contributed by atoms with E-state index in [0.717, 1.165) is 24.2 Å². The van der Waals surface area contributed by atoms with Crippen LogP contribution < -0.4 is 0 Å². The highest BCUT2D eigenvalue weighted by Crippen LogP contribution is 2.47. The first-order chi connectivity index (χ1) is 8.52. The Morgan fingerprint density at radius 2 is 1.61 bits per heavy atom. The first-order valence-electron chi connectivity index (χ1n) is 4.85. The van der Waals surface area contributed by atoms with Crippen LogP contribution in [0.4, 0.5) is 0 Å². The van der Waals surface area contributed by atoms with E-state index >= 15 is 0 Å². The molecule has 0 saturated heterocycles. The summed E-state index contributed by atoms with van der Waals surface area (Å²) in [6.07, 6.45) is 0. The Kier molecular flexibility index (Phi) is 3.44. The van der Waals surface area contributed by atoms with E-state index in [4.69, 9.17) is 27.6 Å². The lowest BCUT2D eigenvalue weighted by atomic mass is 10.1. The Morgan fingerprint density at radius 1 is 0.889 bits per heavy atom. The standard InChI is InChI=1S/C12H3Br3Cl2O/c13-7-6-4-2-1-3-5(16)11(4)18-12(6)10(17)9(15)8(7)14/h1-3H. The van der Waals surface area contributed by atoms with Crippen LogP contribution in [0.3, 0.4) is 0 Å². The second kappa shape index (κ2) is 4.67. The Bertz CT molecular complexity index is 795. The summed E-state index contributed by atoms with van der Waals surface area (Å²) in [5, 5.41) is 2.93. The van der Waals surface area contributed by atoms with E-state index in [-0.39, 0.29) is 0 Å². The quantitative estimate of drug-likeness (QED) is 0.249. The molecule has 1 nitrogen and oxygen atoms in total. The summed E-state index contributed by atoms with van der Waals surface area (Å²) < 4.78 is 8.27. The molecule has 0 radical (unpaired) electrons. The predicted molar refractivity (Wildman–Crippen MR) is 86.8 cm³/mol. The van der Waals surface area contributed by atoms with Gasteiger partial charge >= 0.3 is 0 Å². The number of hydrogen-bond donors (Lipinski definition) is 0. The van der Waals surface area contributed by atoms with Crippen molar-refractivity contribution in [2.75, 3.05) is 0 Å². The summed E-state index contributed by atoms with van der Waals surface area (Å²) in [5.74, 6) is 0. The maximum Gasteiger partial charge on any atom is 0.156 e. The van der Waals surface area contributed by atoms with Crippen molar-refractivity contribution in [2.24, 2.45) is 0 Å². The minimum Gasteiger partial charge on any atom is -0.453 e. The van der Waals surface area contributed by atoms with E-state index in [0.29, 0.717) is 21.2 Å². The van der Waals surface area contributed by atoms with Crippen LogP contribution in [0.25, 0.3) is 21.9 Å². The van der Waals surface area contributed by atoms with Gasteiger partial charge in [-0.15, -0.1) is 0 Å². The van der Waals surface area contributed by atoms with Gasteiger partial charge in [0.2, 0.25) is 0 Å². The molecule has 0 unspecified atom stereocenters. The van der Waals surface area contributed by atoms with Gasteiger partial charge in [0.25, 0.3) is 0 Å². The smallest absolute Gasteiger partial charge is 0.156 e. The number of fused-ring (bicyclic) bond motifs is 3. The van der Waals surface area contributed by atoms with Crippen molar-refractivity contribution < 1.29 is 4.42 Å². The van der Waals surface area contributed by atoms with Gasteiger partial charge in [-0.25, -0.2) is 0 Å². The van der Waals surface area contributed by atoms with Gasteiger partial charge in [0, 0.05) is 19.7 Å². The lowest BCUT2D eigenvalue weighted by Gasteiger charge is -2.04. The first kappa shape index (κ1) is 13.3. The molecule has 0 atom stereocenters. The van der Waals surface area contributed by atoms with Crippen molar-refractivity contribution in [3.05, 3.63) is 41.7 Å². The molecule has 3 rings (SSSR count). The third-order valence-corrected chi connectivity index (χ3v) is 6.99. The van der Waals surface area contributed by atoms with Crippen molar-refractivity contribution in [3.8, 4) is 0 Å². The van der Waals surface area contributed by atoms with Gasteiger partial charge in [-0.3, -0.25) is 0 Å². The fourth-order valence-corrected chi connectivity index (χ4v) is 4.05. The lowest BCUT2D eigenvalue weighted by molar-refractivity contribution is 0.668. The average Bonchev–Trinajstić information content (AvgIpc) is 2.75. The molecule has 0 fully saturated rings. The molecule has 0 spiro atoms. The summed E-state index contributed by atoms with van der Waals surface area (Å²) in [7, 11) is 0. The van der Waals surface area contributed by atoms with Crippen molar-refractivity contribution in [2.45, 2.75) is 0 Å². The van der Waals surface area contributed by atoms with Gasteiger partial charge in [-0.05, 0) is 53.9 Å². The zero-order valence-electron chi connectivity index (χ0n) is 8.53. The third-order valence-electron chi connectivity index (χ3n) is 2.66. The molecule has 3 aromatic rings. The zero-order chi connectivity index (χ0) is 13.0. The van der Waals surface area contributed by atoms with E-state index in [1.165, 1.54) is 0 Å². The summed E-state index contributed by atoms with van der Waals surface area (Å²) >= 11 is 22.9. The molecule has 0 aliphatic rings. The number of para-hydroxylation sites is 1. The molecule has 92 valence electrons. The van der Waals surface area contributed by atoms with Gasteiger partial charge in [-0.2, -0.15) is 0 Å². The zero-order valence-corrected chi connectivity index (χ0v) is 14.8. The highest BCUT2D eigenvalue weighted by Gasteiger charge is 2.20. The summed E-state index contributed by atoms with van der Waals surface area (Å²) in [5.41, 5.74) is 1.25. The number of rotatable bonds is 0. The normalized spacial score (nSPS) is 11.6. The van der Waals surface area contributed by atoms with Gasteiger partial charge in [0.15, 0.2) is 11.2 Å². The largest absolute Gasteiger partial charge is 0.453 e. The number of furan rings is 1. The van der Waals surface area contributed by atoms with Gasteiger partial charge in [0.1, 0.15) is 0 Å². The van der Waals surface area contributed by atoms with Crippen LogP contribution in [0.5, 0.6) is 0 Å². The summed E-state index contributed by atoms with van der Waals surface area (Å²) in [6, 6.07) is 5.63. The maximum atomic E-state index is 6.29. The van der Waals surface area contributed by atoms with Crippen LogP contribution in [0.2, 0.25) is 10.0 Å². The number of benzene rings is 2. The molecular formula is C12H3Br3Cl2O. The van der Waals surface area contributed by atoms with Gasteiger partial charge in [0.05, 0.1) is 14.5 Å².